The first kappa shape index (κ1) is 15.3. The van der Waals surface area contributed by atoms with Gasteiger partial charge in [-0.15, -0.1) is 0 Å². The summed E-state index contributed by atoms with van der Waals surface area (Å²) in [4.78, 5) is 2.54. The van der Waals surface area contributed by atoms with Crippen molar-refractivity contribution in [3.8, 4) is 0 Å². The molecule has 1 aromatic rings. The van der Waals surface area contributed by atoms with Crippen molar-refractivity contribution in [2.45, 2.75) is 37.8 Å². The molecule has 2 atom stereocenters. The van der Waals surface area contributed by atoms with Crippen LogP contribution >= 0.6 is 0 Å². The molecule has 20 heavy (non-hydrogen) atoms. The van der Waals surface area contributed by atoms with Crippen molar-refractivity contribution < 1.29 is 8.42 Å². The molecule has 1 heterocycles. The molecule has 0 saturated carbocycles. The van der Waals surface area contributed by atoms with Crippen LogP contribution in [0.15, 0.2) is 29.2 Å². The minimum Gasteiger partial charge on any atom is -0.365 e. The normalized spacial score (nSPS) is 23.9. The molecule has 0 spiro atoms. The monoisotopic (exact) mass is 297 g/mol. The zero-order valence-corrected chi connectivity index (χ0v) is 13.1. The number of hydrogen-bond donors (Lipinski definition) is 2. The Kier molecular flexibility index (Phi) is 4.67. The van der Waals surface area contributed by atoms with E-state index in [2.05, 4.69) is 28.8 Å². The van der Waals surface area contributed by atoms with Crippen molar-refractivity contribution in [3.63, 3.8) is 0 Å². The molecule has 0 aromatic heterocycles. The topological polar surface area (TPSA) is 61.4 Å². The predicted molar refractivity (Wildman–Crippen MR) is 81.6 cm³/mol. The van der Waals surface area contributed by atoms with Crippen molar-refractivity contribution >= 4 is 15.7 Å². The quantitative estimate of drug-likeness (QED) is 0.876. The molecule has 2 unspecified atom stereocenters. The molecule has 2 N–H and O–H groups in total. The third-order valence-electron chi connectivity index (χ3n) is 3.56. The van der Waals surface area contributed by atoms with Crippen LogP contribution < -0.4 is 14.9 Å². The fourth-order valence-electron chi connectivity index (χ4n) is 2.55. The van der Waals surface area contributed by atoms with Gasteiger partial charge in [-0.3, -0.25) is 0 Å². The summed E-state index contributed by atoms with van der Waals surface area (Å²) in [6, 6.07) is 7.83. The molecule has 1 saturated heterocycles. The lowest BCUT2D eigenvalue weighted by atomic mass is 10.1. The number of para-hydroxylation sites is 1. The van der Waals surface area contributed by atoms with Crippen LogP contribution in [0.4, 0.5) is 5.69 Å². The molecule has 0 amide bonds. The lowest BCUT2D eigenvalue weighted by molar-refractivity contribution is 0.423. The Balaban J connectivity index is 2.42. The van der Waals surface area contributed by atoms with Gasteiger partial charge in [0.1, 0.15) is 4.90 Å². The van der Waals surface area contributed by atoms with E-state index in [9.17, 15) is 8.42 Å². The molecule has 1 aliphatic heterocycles. The third kappa shape index (κ3) is 3.13. The number of piperazine rings is 1. The number of nitrogens with zero attached hydrogens (tertiary/aromatic N) is 1. The number of benzene rings is 1. The number of rotatable bonds is 4. The first-order chi connectivity index (χ1) is 9.45. The van der Waals surface area contributed by atoms with E-state index in [1.807, 2.05) is 12.1 Å². The number of anilines is 1. The summed E-state index contributed by atoms with van der Waals surface area (Å²) >= 11 is 0. The standard InChI is InChI=1S/C14H23N3O2S/c1-4-16-20(18,19)14-8-6-5-7-13(14)17-10-11(2)15-9-12(17)3/h5-8,11-12,15-16H,4,9-10H2,1-3H3. The first-order valence-corrected chi connectivity index (χ1v) is 8.52. The maximum atomic E-state index is 12.3. The van der Waals surface area contributed by atoms with Gasteiger partial charge in [-0.1, -0.05) is 19.1 Å². The lowest BCUT2D eigenvalue weighted by Gasteiger charge is -2.40. The first-order valence-electron chi connectivity index (χ1n) is 7.04. The average molecular weight is 297 g/mol. The Bertz CT molecular complexity index is 559. The summed E-state index contributed by atoms with van der Waals surface area (Å²) in [5.41, 5.74) is 0.786. The summed E-state index contributed by atoms with van der Waals surface area (Å²) in [6.45, 7) is 8.06. The highest BCUT2D eigenvalue weighted by atomic mass is 32.2. The molecule has 0 radical (unpaired) electrons. The van der Waals surface area contributed by atoms with E-state index in [0.717, 1.165) is 18.8 Å². The predicted octanol–water partition coefficient (Wildman–Crippen LogP) is 1.17. The van der Waals surface area contributed by atoms with Crippen molar-refractivity contribution in [3.05, 3.63) is 24.3 Å². The Morgan fingerprint density at radius 2 is 2.05 bits per heavy atom. The van der Waals surface area contributed by atoms with Gasteiger partial charge in [0.25, 0.3) is 0 Å². The van der Waals surface area contributed by atoms with Crippen LogP contribution in [-0.2, 0) is 10.0 Å². The van der Waals surface area contributed by atoms with Gasteiger partial charge >= 0.3 is 0 Å². The van der Waals surface area contributed by atoms with Gasteiger partial charge in [0.2, 0.25) is 10.0 Å². The van der Waals surface area contributed by atoms with E-state index in [1.54, 1.807) is 19.1 Å². The van der Waals surface area contributed by atoms with Crippen molar-refractivity contribution in [2.24, 2.45) is 0 Å². The fraction of sp³-hybridized carbons (Fsp3) is 0.571. The SMILES string of the molecule is CCNS(=O)(=O)c1ccccc1N1CC(C)NCC1C. The second-order valence-corrected chi connectivity index (χ2v) is 7.02. The zero-order chi connectivity index (χ0) is 14.8. The molecule has 0 aliphatic carbocycles. The smallest absolute Gasteiger partial charge is 0.242 e. The lowest BCUT2D eigenvalue weighted by Crippen LogP contribution is -2.54. The maximum absolute atomic E-state index is 12.3. The summed E-state index contributed by atoms with van der Waals surface area (Å²) < 4.78 is 27.2. The zero-order valence-electron chi connectivity index (χ0n) is 12.3. The molecule has 2 rings (SSSR count). The van der Waals surface area contributed by atoms with Crippen LogP contribution in [0, 0.1) is 0 Å². The molecule has 1 fully saturated rings. The van der Waals surface area contributed by atoms with E-state index in [0.29, 0.717) is 17.5 Å². The number of hydrogen-bond acceptors (Lipinski definition) is 4. The summed E-state index contributed by atoms with van der Waals surface area (Å²) in [7, 11) is -3.44. The highest BCUT2D eigenvalue weighted by Crippen LogP contribution is 2.27. The summed E-state index contributed by atoms with van der Waals surface area (Å²) in [6.07, 6.45) is 0. The van der Waals surface area contributed by atoms with Gasteiger partial charge in [-0.05, 0) is 26.0 Å². The number of nitrogens with one attached hydrogen (secondary N) is 2. The number of sulfonamides is 1. The second kappa shape index (κ2) is 6.11. The van der Waals surface area contributed by atoms with Gasteiger partial charge in [-0.25, -0.2) is 13.1 Å². The van der Waals surface area contributed by atoms with Crippen LogP contribution in [0.5, 0.6) is 0 Å². The van der Waals surface area contributed by atoms with Crippen LogP contribution in [0.2, 0.25) is 0 Å². The largest absolute Gasteiger partial charge is 0.365 e. The molecule has 5 nitrogen and oxygen atoms in total. The van der Waals surface area contributed by atoms with Crippen LogP contribution in [0.25, 0.3) is 0 Å². The van der Waals surface area contributed by atoms with E-state index in [4.69, 9.17) is 0 Å². The molecule has 112 valence electrons. The minimum atomic E-state index is -3.44. The fourth-order valence-corrected chi connectivity index (χ4v) is 3.80. The van der Waals surface area contributed by atoms with Crippen molar-refractivity contribution in [2.75, 3.05) is 24.5 Å². The Labute approximate surface area is 121 Å². The molecule has 1 aromatic carbocycles. The van der Waals surface area contributed by atoms with Gasteiger partial charge in [0.05, 0.1) is 5.69 Å². The van der Waals surface area contributed by atoms with Gasteiger partial charge < -0.3 is 10.2 Å². The van der Waals surface area contributed by atoms with Gasteiger partial charge in [-0.2, -0.15) is 0 Å². The van der Waals surface area contributed by atoms with Crippen molar-refractivity contribution in [1.82, 2.24) is 10.0 Å². The molecule has 0 bridgehead atoms. The van der Waals surface area contributed by atoms with Crippen LogP contribution in [0.3, 0.4) is 0 Å². The van der Waals surface area contributed by atoms with Crippen molar-refractivity contribution in [1.29, 1.82) is 0 Å². The third-order valence-corrected chi connectivity index (χ3v) is 5.16. The second-order valence-electron chi connectivity index (χ2n) is 5.28. The molecular formula is C14H23N3O2S. The average Bonchev–Trinajstić information content (AvgIpc) is 2.41. The van der Waals surface area contributed by atoms with Gasteiger partial charge in [0, 0.05) is 31.7 Å². The highest BCUT2D eigenvalue weighted by Gasteiger charge is 2.27. The van der Waals surface area contributed by atoms with E-state index in [-0.39, 0.29) is 6.04 Å². The Morgan fingerprint density at radius 3 is 2.75 bits per heavy atom. The van der Waals surface area contributed by atoms with E-state index >= 15 is 0 Å². The van der Waals surface area contributed by atoms with Crippen LogP contribution in [-0.4, -0.2) is 40.1 Å². The summed E-state index contributed by atoms with van der Waals surface area (Å²) in [5.74, 6) is 0. The summed E-state index contributed by atoms with van der Waals surface area (Å²) in [5, 5.41) is 3.41. The maximum Gasteiger partial charge on any atom is 0.242 e. The highest BCUT2D eigenvalue weighted by molar-refractivity contribution is 7.89. The Hall–Kier alpha value is -1.11. The van der Waals surface area contributed by atoms with Gasteiger partial charge in [0.15, 0.2) is 0 Å². The van der Waals surface area contributed by atoms with Crippen LogP contribution in [0.1, 0.15) is 20.8 Å². The van der Waals surface area contributed by atoms with E-state index in [1.165, 1.54) is 0 Å². The minimum absolute atomic E-state index is 0.268. The molecular weight excluding hydrogens is 274 g/mol. The van der Waals surface area contributed by atoms with E-state index < -0.39 is 10.0 Å². The molecule has 1 aliphatic rings. The Morgan fingerprint density at radius 1 is 1.35 bits per heavy atom. The molecule has 6 heteroatoms.